The van der Waals surface area contributed by atoms with E-state index in [-0.39, 0.29) is 5.78 Å². The maximum absolute atomic E-state index is 11.0. The third-order valence-corrected chi connectivity index (χ3v) is 1.91. The molecule has 14 heavy (non-hydrogen) atoms. The van der Waals surface area contributed by atoms with Crippen LogP contribution in [0.25, 0.3) is 0 Å². The van der Waals surface area contributed by atoms with Crippen molar-refractivity contribution in [2.75, 3.05) is 4.90 Å². The molecule has 0 aromatic heterocycles. The molecule has 1 rings (SSSR count). The fourth-order valence-corrected chi connectivity index (χ4v) is 1.10. The van der Waals surface area contributed by atoms with Crippen molar-refractivity contribution in [2.45, 2.75) is 6.92 Å². The summed E-state index contributed by atoms with van der Waals surface area (Å²) in [4.78, 5) is 12.5. The van der Waals surface area contributed by atoms with Gasteiger partial charge in [0.1, 0.15) is 0 Å². The third kappa shape index (κ3) is 2.07. The molecule has 0 fully saturated rings. The highest BCUT2D eigenvalue weighted by atomic mass is 16.1. The van der Waals surface area contributed by atoms with Gasteiger partial charge in [-0.05, 0) is 31.2 Å². The minimum Gasteiger partial charge on any atom is -0.309 e. The molecular weight excluding hydrogens is 176 g/mol. The highest BCUT2D eigenvalue weighted by Crippen LogP contribution is 2.14. The Bertz CT molecular complexity index is 346. The lowest BCUT2D eigenvalue weighted by molar-refractivity contribution is 0.101. The molecule has 0 unspecified atom stereocenters. The minimum absolute atomic E-state index is 0.0385. The molecule has 0 spiro atoms. The smallest absolute Gasteiger partial charge is 0.159 e. The van der Waals surface area contributed by atoms with E-state index in [4.69, 9.17) is 5.41 Å². The second-order valence-electron chi connectivity index (χ2n) is 2.82. The molecule has 3 nitrogen and oxygen atoms in total. The van der Waals surface area contributed by atoms with Gasteiger partial charge in [-0.15, -0.1) is 0 Å². The van der Waals surface area contributed by atoms with Crippen molar-refractivity contribution in [1.82, 2.24) is 0 Å². The van der Waals surface area contributed by atoms with Gasteiger partial charge in [0.15, 0.2) is 5.78 Å². The highest BCUT2D eigenvalue weighted by molar-refractivity contribution is 5.94. The van der Waals surface area contributed by atoms with Crippen LogP contribution in [0.15, 0.2) is 37.0 Å². The number of carbonyl (C=O) groups excluding carboxylic acids is 1. The van der Waals surface area contributed by atoms with Crippen molar-refractivity contribution >= 4 is 17.8 Å². The van der Waals surface area contributed by atoms with Gasteiger partial charge in [-0.2, -0.15) is 0 Å². The summed E-state index contributed by atoms with van der Waals surface area (Å²) in [6.07, 6.45) is 2.70. The summed E-state index contributed by atoms with van der Waals surface area (Å²) in [7, 11) is 0. The van der Waals surface area contributed by atoms with E-state index in [1.54, 1.807) is 29.2 Å². The number of benzene rings is 1. The van der Waals surface area contributed by atoms with Crippen LogP contribution in [0.4, 0.5) is 5.69 Å². The molecule has 0 bridgehead atoms. The van der Waals surface area contributed by atoms with E-state index in [0.29, 0.717) is 5.56 Å². The van der Waals surface area contributed by atoms with Gasteiger partial charge in [0.25, 0.3) is 0 Å². The summed E-state index contributed by atoms with van der Waals surface area (Å²) in [6, 6.07) is 7.03. The molecule has 0 aliphatic carbocycles. The molecule has 0 saturated carbocycles. The topological polar surface area (TPSA) is 44.2 Å². The molecule has 0 amide bonds. The van der Waals surface area contributed by atoms with Crippen LogP contribution >= 0.6 is 0 Å². The van der Waals surface area contributed by atoms with Crippen molar-refractivity contribution in [3.8, 4) is 0 Å². The number of nitrogens with zero attached hydrogens (tertiary/aromatic N) is 1. The zero-order valence-electron chi connectivity index (χ0n) is 8.03. The molecule has 0 aliphatic rings. The standard InChI is InChI=1S/C11H12N2O/c1-3-13(8-12)11-6-4-10(5-7-11)9(2)14/h3-8,12H,1H2,2H3. The van der Waals surface area contributed by atoms with Crippen LogP contribution in [-0.2, 0) is 0 Å². The number of ketones is 1. The average molecular weight is 188 g/mol. The highest BCUT2D eigenvalue weighted by Gasteiger charge is 2.01. The molecule has 0 aliphatic heterocycles. The van der Waals surface area contributed by atoms with Gasteiger partial charge in [0, 0.05) is 17.5 Å². The van der Waals surface area contributed by atoms with Crippen molar-refractivity contribution in [3.05, 3.63) is 42.6 Å². The number of Topliss-reactive ketones (excluding diaryl/α,β-unsaturated/α-hetero) is 1. The van der Waals surface area contributed by atoms with Crippen molar-refractivity contribution in [2.24, 2.45) is 0 Å². The van der Waals surface area contributed by atoms with Gasteiger partial charge >= 0.3 is 0 Å². The lowest BCUT2D eigenvalue weighted by Gasteiger charge is -2.12. The Labute approximate surface area is 83.2 Å². The van der Waals surface area contributed by atoms with Crippen LogP contribution in [0.3, 0.4) is 0 Å². The van der Waals surface area contributed by atoms with Crippen molar-refractivity contribution in [3.63, 3.8) is 0 Å². The summed E-state index contributed by atoms with van der Waals surface area (Å²) in [5.41, 5.74) is 1.49. The predicted octanol–water partition coefficient (Wildman–Crippen LogP) is 2.45. The van der Waals surface area contributed by atoms with Crippen LogP contribution in [0, 0.1) is 5.41 Å². The lowest BCUT2D eigenvalue weighted by atomic mass is 10.1. The molecule has 1 aromatic rings. The second kappa shape index (κ2) is 4.37. The monoisotopic (exact) mass is 188 g/mol. The Morgan fingerprint density at radius 2 is 2.00 bits per heavy atom. The molecule has 72 valence electrons. The first-order valence-corrected chi connectivity index (χ1v) is 4.21. The van der Waals surface area contributed by atoms with Crippen LogP contribution in [-0.4, -0.2) is 12.1 Å². The molecular formula is C11H12N2O. The van der Waals surface area contributed by atoms with Crippen molar-refractivity contribution in [1.29, 1.82) is 5.41 Å². The third-order valence-electron chi connectivity index (χ3n) is 1.91. The van der Waals surface area contributed by atoms with Crippen LogP contribution < -0.4 is 4.90 Å². The summed E-state index contributed by atoms with van der Waals surface area (Å²) in [5, 5.41) is 7.10. The SMILES string of the molecule is C=CN(C=N)c1ccc(C(C)=O)cc1. The van der Waals surface area contributed by atoms with E-state index in [2.05, 4.69) is 6.58 Å². The van der Waals surface area contributed by atoms with E-state index >= 15 is 0 Å². The predicted molar refractivity (Wildman–Crippen MR) is 57.9 cm³/mol. The quantitative estimate of drug-likeness (QED) is 0.448. The van der Waals surface area contributed by atoms with Gasteiger partial charge in [-0.1, -0.05) is 6.58 Å². The second-order valence-corrected chi connectivity index (χ2v) is 2.82. The summed E-state index contributed by atoms with van der Waals surface area (Å²) in [6.45, 7) is 5.10. The maximum atomic E-state index is 11.0. The van der Waals surface area contributed by atoms with E-state index < -0.39 is 0 Å². The van der Waals surface area contributed by atoms with Gasteiger partial charge in [-0.3, -0.25) is 10.2 Å². The number of carbonyl (C=O) groups is 1. The van der Waals surface area contributed by atoms with E-state index in [1.807, 2.05) is 0 Å². The first-order chi connectivity index (χ1) is 6.69. The van der Waals surface area contributed by atoms with Crippen molar-refractivity contribution < 1.29 is 4.79 Å². The number of rotatable bonds is 4. The number of nitrogens with one attached hydrogen (secondary N) is 1. The van der Waals surface area contributed by atoms with E-state index in [0.717, 1.165) is 12.0 Å². The summed E-state index contributed by atoms with van der Waals surface area (Å²) in [5.74, 6) is 0.0385. The van der Waals surface area contributed by atoms with E-state index in [9.17, 15) is 4.79 Å². The largest absolute Gasteiger partial charge is 0.309 e. The fraction of sp³-hybridized carbons (Fsp3) is 0.0909. The Balaban J connectivity index is 2.98. The maximum Gasteiger partial charge on any atom is 0.159 e. The Kier molecular flexibility index (Phi) is 3.18. The molecule has 0 atom stereocenters. The van der Waals surface area contributed by atoms with Crippen LogP contribution in [0.1, 0.15) is 17.3 Å². The summed E-state index contributed by atoms with van der Waals surface area (Å²) >= 11 is 0. The van der Waals surface area contributed by atoms with Gasteiger partial charge in [0.05, 0.1) is 6.34 Å². The zero-order valence-corrected chi connectivity index (χ0v) is 8.03. The molecule has 1 N–H and O–H groups in total. The van der Waals surface area contributed by atoms with E-state index in [1.165, 1.54) is 13.1 Å². The fourth-order valence-electron chi connectivity index (χ4n) is 1.10. The average Bonchev–Trinajstić information content (AvgIpc) is 2.20. The Hall–Kier alpha value is -1.90. The molecule has 0 saturated heterocycles. The van der Waals surface area contributed by atoms with Gasteiger partial charge in [-0.25, -0.2) is 0 Å². The van der Waals surface area contributed by atoms with Crippen LogP contribution in [0.2, 0.25) is 0 Å². The number of hydrogen-bond donors (Lipinski definition) is 1. The Morgan fingerprint density at radius 1 is 1.43 bits per heavy atom. The first-order valence-electron chi connectivity index (χ1n) is 4.21. The molecule has 0 heterocycles. The zero-order chi connectivity index (χ0) is 10.6. The van der Waals surface area contributed by atoms with Gasteiger partial charge < -0.3 is 4.90 Å². The summed E-state index contributed by atoms with van der Waals surface area (Å²) < 4.78 is 0. The van der Waals surface area contributed by atoms with Crippen LogP contribution in [0.5, 0.6) is 0 Å². The number of hydrogen-bond acceptors (Lipinski definition) is 2. The molecule has 1 aromatic carbocycles. The minimum atomic E-state index is 0.0385. The molecule has 0 radical (unpaired) electrons. The van der Waals surface area contributed by atoms with Gasteiger partial charge in [0.2, 0.25) is 0 Å². The molecule has 3 heteroatoms. The Morgan fingerprint density at radius 3 is 2.36 bits per heavy atom. The number of anilines is 1. The first kappa shape index (κ1) is 10.2. The normalized spacial score (nSPS) is 9.21. The lowest BCUT2D eigenvalue weighted by Crippen LogP contribution is -2.11.